The molecule has 0 bridgehead atoms. The lowest BCUT2D eigenvalue weighted by Gasteiger charge is -2.07. The maximum absolute atomic E-state index is 11.9. The third kappa shape index (κ3) is 2.70. The van der Waals surface area contributed by atoms with E-state index in [1.54, 1.807) is 35.4 Å². The molecule has 0 aliphatic rings. The molecule has 0 fully saturated rings. The number of hydrogen-bond acceptors (Lipinski definition) is 3. The van der Waals surface area contributed by atoms with Crippen molar-refractivity contribution >= 4 is 17.0 Å². The van der Waals surface area contributed by atoms with Gasteiger partial charge in [-0.25, -0.2) is 9.59 Å². The van der Waals surface area contributed by atoms with E-state index in [0.29, 0.717) is 12.4 Å². The van der Waals surface area contributed by atoms with E-state index in [1.165, 1.54) is 12.1 Å². The van der Waals surface area contributed by atoms with Gasteiger partial charge in [-0.2, -0.15) is 0 Å². The van der Waals surface area contributed by atoms with E-state index >= 15 is 0 Å². The van der Waals surface area contributed by atoms with Crippen molar-refractivity contribution in [3.05, 3.63) is 64.1 Å². The molecule has 0 atom stereocenters. The highest BCUT2D eigenvalue weighted by Crippen LogP contribution is 2.18. The number of nitrogens with zero attached hydrogens (tertiary/aromatic N) is 2. The molecule has 1 heterocycles. The summed E-state index contributed by atoms with van der Waals surface area (Å²) >= 11 is 0. The van der Waals surface area contributed by atoms with E-state index < -0.39 is 5.97 Å². The molecule has 1 aromatic heterocycles. The van der Waals surface area contributed by atoms with E-state index in [2.05, 4.69) is 0 Å². The molecular formula is C17H16N2O4. The van der Waals surface area contributed by atoms with E-state index in [-0.39, 0.29) is 11.3 Å². The number of aromatic nitrogens is 2. The second-order valence-electron chi connectivity index (χ2n) is 5.35. The van der Waals surface area contributed by atoms with Crippen LogP contribution in [0.15, 0.2) is 47.3 Å². The largest absolute Gasteiger partial charge is 0.489 e. The van der Waals surface area contributed by atoms with Crippen LogP contribution in [0.25, 0.3) is 11.0 Å². The summed E-state index contributed by atoms with van der Waals surface area (Å²) < 4.78 is 8.83. The molecule has 0 aliphatic heterocycles. The first-order valence-corrected chi connectivity index (χ1v) is 7.08. The molecular weight excluding hydrogens is 296 g/mol. The van der Waals surface area contributed by atoms with Crippen molar-refractivity contribution in [1.82, 2.24) is 9.13 Å². The molecule has 0 saturated heterocycles. The smallest absolute Gasteiger partial charge is 0.335 e. The first-order valence-electron chi connectivity index (χ1n) is 7.08. The first-order chi connectivity index (χ1) is 11.0. The number of benzene rings is 2. The van der Waals surface area contributed by atoms with Crippen molar-refractivity contribution in [2.24, 2.45) is 14.1 Å². The Morgan fingerprint density at radius 3 is 2.57 bits per heavy atom. The van der Waals surface area contributed by atoms with Gasteiger partial charge < -0.3 is 9.84 Å². The summed E-state index contributed by atoms with van der Waals surface area (Å²) in [6.07, 6.45) is 0. The number of carbonyl (C=O) groups is 1. The van der Waals surface area contributed by atoms with Crippen LogP contribution in [-0.4, -0.2) is 20.2 Å². The van der Waals surface area contributed by atoms with Gasteiger partial charge in [-0.05, 0) is 35.9 Å². The van der Waals surface area contributed by atoms with Gasteiger partial charge in [0.05, 0.1) is 16.6 Å². The molecule has 0 amide bonds. The summed E-state index contributed by atoms with van der Waals surface area (Å²) in [5.74, 6) is -0.497. The van der Waals surface area contributed by atoms with Crippen molar-refractivity contribution in [2.45, 2.75) is 6.61 Å². The van der Waals surface area contributed by atoms with Crippen molar-refractivity contribution in [2.75, 3.05) is 0 Å². The zero-order valence-corrected chi connectivity index (χ0v) is 12.8. The molecule has 6 nitrogen and oxygen atoms in total. The lowest BCUT2D eigenvalue weighted by Crippen LogP contribution is -2.19. The Kier molecular flexibility index (Phi) is 3.65. The minimum atomic E-state index is -0.990. The molecule has 23 heavy (non-hydrogen) atoms. The fraction of sp³-hybridized carbons (Fsp3) is 0.176. The first kappa shape index (κ1) is 14.9. The van der Waals surface area contributed by atoms with Gasteiger partial charge >= 0.3 is 11.7 Å². The maximum atomic E-state index is 11.9. The maximum Gasteiger partial charge on any atom is 0.335 e. The molecule has 118 valence electrons. The number of aromatic carboxylic acids is 1. The highest BCUT2D eigenvalue weighted by molar-refractivity contribution is 5.88. The van der Waals surface area contributed by atoms with E-state index in [4.69, 9.17) is 9.84 Å². The van der Waals surface area contributed by atoms with Gasteiger partial charge in [0.1, 0.15) is 12.4 Å². The second kappa shape index (κ2) is 5.64. The average molecular weight is 312 g/mol. The summed E-state index contributed by atoms with van der Waals surface area (Å²) in [4.78, 5) is 22.9. The van der Waals surface area contributed by atoms with E-state index in [9.17, 15) is 9.59 Å². The number of imidazole rings is 1. The van der Waals surface area contributed by atoms with Gasteiger partial charge in [0.2, 0.25) is 0 Å². The number of rotatable bonds is 4. The Hall–Kier alpha value is -3.02. The molecule has 6 heteroatoms. The molecule has 0 radical (unpaired) electrons. The average Bonchev–Trinajstić information content (AvgIpc) is 2.77. The summed E-state index contributed by atoms with van der Waals surface area (Å²) in [5.41, 5.74) is 2.70. The SMILES string of the molecule is Cn1c(=O)n(C)c2cc(COc3cccc(C(=O)O)c3)ccc21. The molecule has 0 spiro atoms. The Bertz CT molecular complexity index is 953. The van der Waals surface area contributed by atoms with Crippen LogP contribution in [0.5, 0.6) is 5.75 Å². The highest BCUT2D eigenvalue weighted by Gasteiger charge is 2.09. The van der Waals surface area contributed by atoms with Crippen LogP contribution in [0, 0.1) is 0 Å². The minimum Gasteiger partial charge on any atom is -0.489 e. The molecule has 0 saturated carbocycles. The number of ether oxygens (including phenoxy) is 1. The summed E-state index contributed by atoms with van der Waals surface area (Å²) in [7, 11) is 3.46. The van der Waals surface area contributed by atoms with Crippen molar-refractivity contribution in [3.8, 4) is 5.75 Å². The summed E-state index contributed by atoms with van der Waals surface area (Å²) in [5, 5.41) is 8.98. The molecule has 3 aromatic rings. The van der Waals surface area contributed by atoms with Crippen LogP contribution in [0.3, 0.4) is 0 Å². The van der Waals surface area contributed by atoms with Crippen LogP contribution in [0.1, 0.15) is 15.9 Å². The summed E-state index contributed by atoms with van der Waals surface area (Å²) in [6, 6.07) is 12.0. The van der Waals surface area contributed by atoms with Gasteiger partial charge in [0, 0.05) is 14.1 Å². The van der Waals surface area contributed by atoms with Crippen LogP contribution in [-0.2, 0) is 20.7 Å². The number of carboxylic acid groups (broad SMARTS) is 1. The summed E-state index contributed by atoms with van der Waals surface area (Å²) in [6.45, 7) is 0.294. The quantitative estimate of drug-likeness (QED) is 0.801. The normalized spacial score (nSPS) is 10.9. The van der Waals surface area contributed by atoms with Crippen LogP contribution < -0.4 is 10.4 Å². The fourth-order valence-corrected chi connectivity index (χ4v) is 2.53. The molecule has 3 rings (SSSR count). The van der Waals surface area contributed by atoms with E-state index in [1.807, 2.05) is 18.2 Å². The lowest BCUT2D eigenvalue weighted by molar-refractivity contribution is 0.0696. The molecule has 1 N–H and O–H groups in total. The number of hydrogen-bond donors (Lipinski definition) is 1. The molecule has 0 unspecified atom stereocenters. The van der Waals surface area contributed by atoms with Gasteiger partial charge in [0.25, 0.3) is 0 Å². The third-order valence-electron chi connectivity index (χ3n) is 3.82. The second-order valence-corrected chi connectivity index (χ2v) is 5.35. The number of aryl methyl sites for hydroxylation is 2. The fourth-order valence-electron chi connectivity index (χ4n) is 2.53. The third-order valence-corrected chi connectivity index (χ3v) is 3.82. The number of fused-ring (bicyclic) bond motifs is 1. The van der Waals surface area contributed by atoms with Gasteiger partial charge in [-0.1, -0.05) is 12.1 Å². The van der Waals surface area contributed by atoms with Gasteiger partial charge in [-0.15, -0.1) is 0 Å². The molecule has 2 aromatic carbocycles. The van der Waals surface area contributed by atoms with Crippen LogP contribution >= 0.6 is 0 Å². The van der Waals surface area contributed by atoms with Crippen LogP contribution in [0.4, 0.5) is 0 Å². The zero-order chi connectivity index (χ0) is 16.6. The van der Waals surface area contributed by atoms with Gasteiger partial charge in [0.15, 0.2) is 0 Å². The Labute approximate surface area is 132 Å². The number of carboxylic acids is 1. The lowest BCUT2D eigenvalue weighted by atomic mass is 10.2. The predicted octanol–water partition coefficient (Wildman–Crippen LogP) is 2.15. The minimum absolute atomic E-state index is 0.0766. The van der Waals surface area contributed by atoms with Crippen molar-refractivity contribution in [1.29, 1.82) is 0 Å². The van der Waals surface area contributed by atoms with Crippen molar-refractivity contribution < 1.29 is 14.6 Å². The van der Waals surface area contributed by atoms with Gasteiger partial charge in [-0.3, -0.25) is 9.13 Å². The van der Waals surface area contributed by atoms with Crippen LogP contribution in [0.2, 0.25) is 0 Å². The standard InChI is InChI=1S/C17H16N2O4/c1-18-14-7-6-11(8-15(14)19(2)17(18)22)10-23-13-5-3-4-12(9-13)16(20)21/h3-9H,10H2,1-2H3,(H,20,21). The highest BCUT2D eigenvalue weighted by atomic mass is 16.5. The molecule has 0 aliphatic carbocycles. The van der Waals surface area contributed by atoms with Crippen molar-refractivity contribution in [3.63, 3.8) is 0 Å². The monoisotopic (exact) mass is 312 g/mol. The Balaban J connectivity index is 1.85. The Morgan fingerprint density at radius 2 is 1.83 bits per heavy atom. The zero-order valence-electron chi connectivity index (χ0n) is 12.8. The van der Waals surface area contributed by atoms with E-state index in [0.717, 1.165) is 16.6 Å². The predicted molar refractivity (Wildman–Crippen MR) is 85.9 cm³/mol. The topological polar surface area (TPSA) is 73.5 Å². The Morgan fingerprint density at radius 1 is 1.09 bits per heavy atom.